The van der Waals surface area contributed by atoms with Gasteiger partial charge in [-0.25, -0.2) is 8.78 Å². The number of nitrogens with zero attached hydrogens (tertiary/aromatic N) is 4. The molecule has 2 aromatic rings. The van der Waals surface area contributed by atoms with Crippen molar-refractivity contribution in [2.45, 2.75) is 33.2 Å². The number of methoxy groups -OCH3 is 1. The number of ether oxygens (including phenoxy) is 1. The van der Waals surface area contributed by atoms with Gasteiger partial charge >= 0.3 is 0 Å². The lowest BCUT2D eigenvalue weighted by molar-refractivity contribution is 0.0664. The molecule has 0 N–H and O–H groups in total. The Labute approximate surface area is 199 Å². The second-order valence-electron chi connectivity index (χ2n) is 10.0. The number of piperazine rings is 1. The number of anilines is 1. The molecule has 0 aromatic heterocycles. The summed E-state index contributed by atoms with van der Waals surface area (Å²) in [7, 11) is 3.36. The van der Waals surface area contributed by atoms with Crippen LogP contribution in [0.15, 0.2) is 41.5 Å². The number of hydrogen-bond acceptors (Lipinski definition) is 5. The zero-order valence-corrected chi connectivity index (χ0v) is 20.4. The first kappa shape index (κ1) is 24.1. The van der Waals surface area contributed by atoms with Crippen LogP contribution in [0, 0.1) is 17.0 Å². The number of rotatable bonds is 4. The molecule has 6 nitrogen and oxygen atoms in total. The van der Waals surface area contributed by atoms with E-state index in [1.165, 1.54) is 13.2 Å². The maximum atomic E-state index is 15.0. The van der Waals surface area contributed by atoms with Gasteiger partial charge in [0.05, 0.1) is 18.8 Å². The number of benzene rings is 2. The predicted octanol–water partition coefficient (Wildman–Crippen LogP) is 4.71. The van der Waals surface area contributed by atoms with Gasteiger partial charge in [-0.15, -0.1) is 0 Å². The zero-order valence-electron chi connectivity index (χ0n) is 20.4. The molecule has 0 spiro atoms. The summed E-state index contributed by atoms with van der Waals surface area (Å²) in [6.45, 7) is 9.26. The van der Waals surface area contributed by atoms with Crippen molar-refractivity contribution in [2.75, 3.05) is 45.3 Å². The third-order valence-corrected chi connectivity index (χ3v) is 6.58. The summed E-state index contributed by atoms with van der Waals surface area (Å²) in [5, 5.41) is 6.53. The van der Waals surface area contributed by atoms with Crippen LogP contribution in [0.3, 0.4) is 0 Å². The van der Waals surface area contributed by atoms with Crippen LogP contribution in [0.5, 0.6) is 5.75 Å². The first-order chi connectivity index (χ1) is 16.1. The van der Waals surface area contributed by atoms with Crippen LogP contribution in [-0.4, -0.2) is 61.8 Å². The summed E-state index contributed by atoms with van der Waals surface area (Å²) in [6, 6.07) is 8.97. The van der Waals surface area contributed by atoms with Crippen molar-refractivity contribution in [3.8, 4) is 5.75 Å². The molecule has 2 aliphatic heterocycles. The normalized spacial score (nSPS) is 19.4. The number of carbonyl (C=O) groups is 1. The fraction of sp³-hybridized carbons (Fsp3) is 0.462. The van der Waals surface area contributed by atoms with E-state index in [-0.39, 0.29) is 22.6 Å². The highest BCUT2D eigenvalue weighted by atomic mass is 19.1. The third kappa shape index (κ3) is 4.78. The predicted molar refractivity (Wildman–Crippen MR) is 129 cm³/mol. The molecule has 1 unspecified atom stereocenters. The van der Waals surface area contributed by atoms with E-state index in [0.29, 0.717) is 25.1 Å². The fourth-order valence-corrected chi connectivity index (χ4v) is 4.35. The Morgan fingerprint density at radius 3 is 2.26 bits per heavy atom. The summed E-state index contributed by atoms with van der Waals surface area (Å²) >= 11 is 0. The summed E-state index contributed by atoms with van der Waals surface area (Å²) in [4.78, 5) is 17.0. The molecule has 1 amide bonds. The summed E-state index contributed by atoms with van der Waals surface area (Å²) < 4.78 is 34.4. The SMILES string of the molecule is COc1cc(F)c(C2CC(C(C)(C)C)=NN2c2ccc(C(=O)N3CCN(C)CC3)cc2)cc1F. The highest BCUT2D eigenvalue weighted by Crippen LogP contribution is 2.41. The largest absolute Gasteiger partial charge is 0.494 e. The van der Waals surface area contributed by atoms with Crippen molar-refractivity contribution in [3.63, 3.8) is 0 Å². The maximum Gasteiger partial charge on any atom is 0.253 e. The van der Waals surface area contributed by atoms with Gasteiger partial charge in [0.15, 0.2) is 11.6 Å². The van der Waals surface area contributed by atoms with E-state index in [2.05, 4.69) is 25.7 Å². The number of likely N-dealkylation sites (N-methyl/N-ethyl adjacent to an activating group) is 1. The van der Waals surface area contributed by atoms with Gasteiger partial charge < -0.3 is 14.5 Å². The zero-order chi connectivity index (χ0) is 24.6. The molecule has 0 aliphatic carbocycles. The Hall–Kier alpha value is -3.00. The molecule has 0 saturated carbocycles. The van der Waals surface area contributed by atoms with Crippen molar-refractivity contribution in [1.82, 2.24) is 9.80 Å². The van der Waals surface area contributed by atoms with Crippen LogP contribution in [0.1, 0.15) is 49.2 Å². The van der Waals surface area contributed by atoms with Gasteiger partial charge in [-0.1, -0.05) is 20.8 Å². The summed E-state index contributed by atoms with van der Waals surface area (Å²) in [6.07, 6.45) is 0.466. The van der Waals surface area contributed by atoms with Crippen LogP contribution in [0.4, 0.5) is 14.5 Å². The van der Waals surface area contributed by atoms with Crippen LogP contribution in [-0.2, 0) is 0 Å². The van der Waals surface area contributed by atoms with E-state index in [0.717, 1.165) is 30.6 Å². The molecule has 0 radical (unpaired) electrons. The van der Waals surface area contributed by atoms with E-state index in [1.54, 1.807) is 17.1 Å². The van der Waals surface area contributed by atoms with Crippen molar-refractivity contribution >= 4 is 17.3 Å². The smallest absolute Gasteiger partial charge is 0.253 e. The van der Waals surface area contributed by atoms with Gasteiger partial charge in [0.25, 0.3) is 5.91 Å². The Bertz CT molecular complexity index is 1090. The molecule has 2 aliphatic rings. The second-order valence-corrected chi connectivity index (χ2v) is 10.0. The van der Waals surface area contributed by atoms with Crippen LogP contribution < -0.4 is 9.75 Å². The number of hydrazone groups is 1. The van der Waals surface area contributed by atoms with E-state index in [4.69, 9.17) is 9.84 Å². The van der Waals surface area contributed by atoms with Gasteiger partial charge in [-0.2, -0.15) is 5.10 Å². The number of carbonyl (C=O) groups excluding carboxylic acids is 1. The van der Waals surface area contributed by atoms with Crippen molar-refractivity contribution in [1.29, 1.82) is 0 Å². The maximum absolute atomic E-state index is 15.0. The Morgan fingerprint density at radius 2 is 1.68 bits per heavy atom. The van der Waals surface area contributed by atoms with Gasteiger partial charge in [0.2, 0.25) is 0 Å². The van der Waals surface area contributed by atoms with Crippen molar-refractivity contribution in [2.24, 2.45) is 10.5 Å². The molecule has 1 saturated heterocycles. The van der Waals surface area contributed by atoms with E-state index >= 15 is 4.39 Å². The van der Waals surface area contributed by atoms with E-state index < -0.39 is 17.7 Å². The van der Waals surface area contributed by atoms with Gasteiger partial charge in [-0.05, 0) is 37.4 Å². The topological polar surface area (TPSA) is 48.4 Å². The minimum Gasteiger partial charge on any atom is -0.494 e. The quantitative estimate of drug-likeness (QED) is 0.649. The lowest BCUT2D eigenvalue weighted by Gasteiger charge is -2.32. The van der Waals surface area contributed by atoms with E-state index in [1.807, 2.05) is 24.1 Å². The Balaban J connectivity index is 1.64. The Morgan fingerprint density at radius 1 is 1.03 bits per heavy atom. The average Bonchev–Trinajstić information content (AvgIpc) is 3.26. The summed E-state index contributed by atoms with van der Waals surface area (Å²) in [5.41, 5.74) is 2.20. The number of halogens is 2. The third-order valence-electron chi connectivity index (χ3n) is 6.58. The molecule has 1 fully saturated rings. The average molecular weight is 471 g/mol. The number of hydrogen-bond donors (Lipinski definition) is 0. The monoisotopic (exact) mass is 470 g/mol. The highest BCUT2D eigenvalue weighted by molar-refractivity contribution is 5.95. The molecular formula is C26H32F2N4O2. The van der Waals surface area contributed by atoms with Gasteiger partial charge in [-0.3, -0.25) is 9.80 Å². The molecule has 0 bridgehead atoms. The van der Waals surface area contributed by atoms with E-state index in [9.17, 15) is 9.18 Å². The lowest BCUT2D eigenvalue weighted by atomic mass is 9.85. The second kappa shape index (κ2) is 9.33. The molecule has 2 aromatic carbocycles. The highest BCUT2D eigenvalue weighted by Gasteiger charge is 2.36. The minimum absolute atomic E-state index is 0.000210. The molecular weight excluding hydrogens is 438 g/mol. The van der Waals surface area contributed by atoms with Gasteiger partial charge in [0.1, 0.15) is 5.82 Å². The van der Waals surface area contributed by atoms with Gasteiger partial charge in [0, 0.05) is 60.9 Å². The standard InChI is InChI=1S/C26H32F2N4O2/c1-26(2,3)24-16-22(19-14-21(28)23(34-5)15-20(19)27)32(29-24)18-8-6-17(7-9-18)25(33)31-12-10-30(4)11-13-31/h6-9,14-15,22H,10-13,16H2,1-5H3. The van der Waals surface area contributed by atoms with Crippen LogP contribution in [0.25, 0.3) is 0 Å². The molecule has 8 heteroatoms. The molecule has 34 heavy (non-hydrogen) atoms. The molecule has 4 rings (SSSR count). The fourth-order valence-electron chi connectivity index (χ4n) is 4.35. The number of amides is 1. The summed E-state index contributed by atoms with van der Waals surface area (Å²) in [5.74, 6) is -1.29. The first-order valence-electron chi connectivity index (χ1n) is 11.6. The van der Waals surface area contributed by atoms with Crippen molar-refractivity contribution in [3.05, 3.63) is 59.2 Å². The lowest BCUT2D eigenvalue weighted by Crippen LogP contribution is -2.47. The molecule has 182 valence electrons. The minimum atomic E-state index is -0.615. The Kier molecular flexibility index (Phi) is 6.62. The van der Waals surface area contributed by atoms with Crippen molar-refractivity contribution < 1.29 is 18.3 Å². The van der Waals surface area contributed by atoms with Crippen LogP contribution >= 0.6 is 0 Å². The first-order valence-corrected chi connectivity index (χ1v) is 11.6. The molecule has 1 atom stereocenters. The molecule has 2 heterocycles. The van der Waals surface area contributed by atoms with Crippen LogP contribution in [0.2, 0.25) is 0 Å².